The quantitative estimate of drug-likeness (QED) is 0.0222. The van der Waals surface area contributed by atoms with Crippen molar-refractivity contribution in [2.75, 3.05) is 39.6 Å². The minimum atomic E-state index is -4.95. The first-order valence-electron chi connectivity index (χ1n) is 36.2. The standard InChI is InChI=1S/C70H136O17P2/c1-60(2)46-38-30-22-15-11-9-10-12-17-26-34-42-50-67(72)80-56-65(87-70(75)53-45-37-28-20-19-24-32-40-48-62(5)6)58-84-88(76,77)82-54-64(71)55-83-89(78,79)85-59-66(57-81-68(73)51-43-35-29-21-25-33-41-49-63(7)8)86-69(74)52-44-36-27-18-14-13-16-23-31-39-47-61(3)4/h60-66,71H,9-59H2,1-8H3,(H,76,77)(H,78,79)/t64?,65-,66-/m1/s1. The average Bonchev–Trinajstić information content (AvgIpc) is 3.66. The Morgan fingerprint density at radius 3 is 0.697 bits per heavy atom. The summed E-state index contributed by atoms with van der Waals surface area (Å²) in [7, 11) is -9.90. The number of rotatable bonds is 67. The van der Waals surface area contributed by atoms with Crippen LogP contribution in [0.4, 0.5) is 0 Å². The molecule has 0 saturated heterocycles. The summed E-state index contributed by atoms with van der Waals surface area (Å²) in [5, 5.41) is 10.6. The van der Waals surface area contributed by atoms with Crippen LogP contribution in [0.1, 0.15) is 344 Å². The van der Waals surface area contributed by atoms with E-state index in [4.69, 9.17) is 37.0 Å². The normalized spacial score (nSPS) is 14.3. The van der Waals surface area contributed by atoms with Gasteiger partial charge in [-0.05, 0) is 49.4 Å². The molecular formula is C70H136O17P2. The lowest BCUT2D eigenvalue weighted by atomic mass is 10.0. The van der Waals surface area contributed by atoms with Crippen LogP contribution in [0.3, 0.4) is 0 Å². The van der Waals surface area contributed by atoms with Crippen LogP contribution in [0.5, 0.6) is 0 Å². The van der Waals surface area contributed by atoms with Crippen LogP contribution >= 0.6 is 15.6 Å². The Hall–Kier alpha value is -1.94. The zero-order valence-electron chi connectivity index (χ0n) is 58.1. The smallest absolute Gasteiger partial charge is 0.462 e. The molecule has 0 heterocycles. The zero-order valence-corrected chi connectivity index (χ0v) is 59.8. The van der Waals surface area contributed by atoms with Gasteiger partial charge >= 0.3 is 39.5 Å². The van der Waals surface area contributed by atoms with Crippen LogP contribution in [0.15, 0.2) is 0 Å². The van der Waals surface area contributed by atoms with Gasteiger partial charge in [0.25, 0.3) is 0 Å². The van der Waals surface area contributed by atoms with Gasteiger partial charge < -0.3 is 33.8 Å². The molecule has 0 amide bonds. The molecule has 0 aromatic carbocycles. The van der Waals surface area contributed by atoms with Gasteiger partial charge in [0.05, 0.1) is 26.4 Å². The molecule has 0 aromatic heterocycles. The Kier molecular flexibility index (Phi) is 58.5. The molecule has 3 N–H and O–H groups in total. The lowest BCUT2D eigenvalue weighted by Gasteiger charge is -2.21. The highest BCUT2D eigenvalue weighted by Crippen LogP contribution is 2.45. The number of unbranched alkanes of at least 4 members (excludes halogenated alkanes) is 33. The molecule has 19 heteroatoms. The Morgan fingerprint density at radius 2 is 0.472 bits per heavy atom. The van der Waals surface area contributed by atoms with E-state index in [1.165, 1.54) is 141 Å². The van der Waals surface area contributed by atoms with Crippen LogP contribution in [0.2, 0.25) is 0 Å². The fourth-order valence-electron chi connectivity index (χ4n) is 10.5. The predicted octanol–water partition coefficient (Wildman–Crippen LogP) is 19.7. The van der Waals surface area contributed by atoms with Gasteiger partial charge in [-0.3, -0.25) is 37.3 Å². The molecule has 0 radical (unpaired) electrons. The molecule has 89 heavy (non-hydrogen) atoms. The van der Waals surface area contributed by atoms with E-state index in [-0.39, 0.29) is 25.7 Å². The molecule has 0 aliphatic heterocycles. The molecule has 3 unspecified atom stereocenters. The highest BCUT2D eigenvalue weighted by atomic mass is 31.2. The molecule has 17 nitrogen and oxygen atoms in total. The topological polar surface area (TPSA) is 237 Å². The molecular weight excluding hydrogens is 1170 g/mol. The number of aliphatic hydroxyl groups excluding tert-OH is 1. The van der Waals surface area contributed by atoms with Gasteiger partial charge in [-0.1, -0.05) is 293 Å². The van der Waals surface area contributed by atoms with E-state index in [9.17, 15) is 43.2 Å². The SMILES string of the molecule is CC(C)CCCCCCCCCCCCCCC(=O)OC[C@H](COP(=O)(O)OCC(O)COP(=O)(O)OC[C@@H](COC(=O)CCCCCCCCCC(C)C)OC(=O)CCCCCCCCCCCCC(C)C)OC(=O)CCCCCCCCCCC(C)C. The average molecular weight is 1310 g/mol. The third-order valence-corrected chi connectivity index (χ3v) is 18.0. The van der Waals surface area contributed by atoms with Gasteiger partial charge in [0.15, 0.2) is 12.2 Å². The minimum Gasteiger partial charge on any atom is -0.462 e. The maximum absolute atomic E-state index is 13.0. The number of aliphatic hydroxyl groups is 1. The molecule has 5 atom stereocenters. The number of phosphoric ester groups is 2. The van der Waals surface area contributed by atoms with Crippen molar-refractivity contribution < 1.29 is 80.2 Å². The lowest BCUT2D eigenvalue weighted by molar-refractivity contribution is -0.161. The summed E-state index contributed by atoms with van der Waals surface area (Å²) in [4.78, 5) is 72.5. The molecule has 0 spiro atoms. The molecule has 0 fully saturated rings. The predicted molar refractivity (Wildman–Crippen MR) is 358 cm³/mol. The van der Waals surface area contributed by atoms with Gasteiger partial charge in [-0.25, -0.2) is 9.13 Å². The Bertz CT molecular complexity index is 1760. The fourth-order valence-corrected chi connectivity index (χ4v) is 12.1. The number of hydrogen-bond acceptors (Lipinski definition) is 15. The monoisotopic (exact) mass is 1310 g/mol. The number of phosphoric acid groups is 2. The molecule has 0 saturated carbocycles. The van der Waals surface area contributed by atoms with Crippen LogP contribution < -0.4 is 0 Å². The molecule has 528 valence electrons. The number of carbonyl (C=O) groups excluding carboxylic acids is 4. The number of carbonyl (C=O) groups is 4. The number of hydrogen-bond donors (Lipinski definition) is 3. The van der Waals surface area contributed by atoms with Gasteiger partial charge in [0.2, 0.25) is 0 Å². The van der Waals surface area contributed by atoms with Crippen molar-refractivity contribution in [1.82, 2.24) is 0 Å². The van der Waals surface area contributed by atoms with Crippen LogP contribution in [-0.2, 0) is 65.4 Å². The first-order valence-corrected chi connectivity index (χ1v) is 39.2. The van der Waals surface area contributed by atoms with E-state index < -0.39 is 97.5 Å². The second-order valence-corrected chi connectivity index (χ2v) is 30.1. The van der Waals surface area contributed by atoms with Crippen molar-refractivity contribution in [2.24, 2.45) is 23.7 Å². The summed E-state index contributed by atoms with van der Waals surface area (Å²) in [6.07, 6.45) is 41.8. The molecule has 0 aliphatic carbocycles. The highest BCUT2D eigenvalue weighted by molar-refractivity contribution is 7.47. The van der Waals surface area contributed by atoms with Crippen molar-refractivity contribution in [3.05, 3.63) is 0 Å². The maximum atomic E-state index is 13.0. The largest absolute Gasteiger partial charge is 0.472 e. The third-order valence-electron chi connectivity index (χ3n) is 16.1. The van der Waals surface area contributed by atoms with Gasteiger partial charge in [-0.2, -0.15) is 0 Å². The summed E-state index contributed by atoms with van der Waals surface area (Å²) in [6.45, 7) is 14.1. The van der Waals surface area contributed by atoms with Crippen molar-refractivity contribution in [3.63, 3.8) is 0 Å². The van der Waals surface area contributed by atoms with E-state index >= 15 is 0 Å². The van der Waals surface area contributed by atoms with E-state index in [2.05, 4.69) is 55.4 Å². The second kappa shape index (κ2) is 59.8. The summed E-state index contributed by atoms with van der Waals surface area (Å²) in [5.74, 6) is 0.826. The second-order valence-electron chi connectivity index (χ2n) is 27.2. The maximum Gasteiger partial charge on any atom is 0.472 e. The number of ether oxygens (including phenoxy) is 4. The fraction of sp³-hybridized carbons (Fsp3) is 0.943. The minimum absolute atomic E-state index is 0.104. The molecule has 0 aromatic rings. The molecule has 0 bridgehead atoms. The van der Waals surface area contributed by atoms with Crippen molar-refractivity contribution in [3.8, 4) is 0 Å². The van der Waals surface area contributed by atoms with Crippen molar-refractivity contribution in [2.45, 2.75) is 363 Å². The van der Waals surface area contributed by atoms with Gasteiger partial charge in [0, 0.05) is 25.7 Å². The number of esters is 4. The van der Waals surface area contributed by atoms with Crippen LogP contribution in [-0.4, -0.2) is 96.7 Å². The van der Waals surface area contributed by atoms with E-state index in [0.717, 1.165) is 114 Å². The summed E-state index contributed by atoms with van der Waals surface area (Å²) in [6, 6.07) is 0. The first-order chi connectivity index (χ1) is 42.6. The Balaban J connectivity index is 5.24. The lowest BCUT2D eigenvalue weighted by Crippen LogP contribution is -2.30. The van der Waals surface area contributed by atoms with E-state index in [1.807, 2.05) is 0 Å². The highest BCUT2D eigenvalue weighted by Gasteiger charge is 2.30. The summed E-state index contributed by atoms with van der Waals surface area (Å²) >= 11 is 0. The Morgan fingerprint density at radius 1 is 0.281 bits per heavy atom. The first kappa shape index (κ1) is 87.1. The van der Waals surface area contributed by atoms with E-state index in [0.29, 0.717) is 31.6 Å². The third kappa shape index (κ3) is 64.6. The summed E-state index contributed by atoms with van der Waals surface area (Å²) in [5.41, 5.74) is 0. The van der Waals surface area contributed by atoms with E-state index in [1.54, 1.807) is 0 Å². The van der Waals surface area contributed by atoms with Crippen molar-refractivity contribution >= 4 is 39.5 Å². The van der Waals surface area contributed by atoms with Crippen molar-refractivity contribution in [1.29, 1.82) is 0 Å². The van der Waals surface area contributed by atoms with Gasteiger partial charge in [-0.15, -0.1) is 0 Å². The zero-order chi connectivity index (χ0) is 66.1. The Labute approximate surface area is 543 Å². The van der Waals surface area contributed by atoms with Crippen LogP contribution in [0, 0.1) is 23.7 Å². The molecule has 0 aliphatic rings. The van der Waals surface area contributed by atoms with Crippen LogP contribution in [0.25, 0.3) is 0 Å². The molecule has 0 rings (SSSR count). The van der Waals surface area contributed by atoms with Gasteiger partial charge in [0.1, 0.15) is 19.3 Å². The summed E-state index contributed by atoms with van der Waals surface area (Å²) < 4.78 is 68.3.